The maximum atomic E-state index is 8.52. The summed E-state index contributed by atoms with van der Waals surface area (Å²) in [5, 5.41) is 0. The molecule has 21 heavy (non-hydrogen) atoms. The number of benzene rings is 2. The van der Waals surface area contributed by atoms with Gasteiger partial charge in [-0.1, -0.05) is 89.5 Å². The molecule has 0 atom stereocenters. The maximum Gasteiger partial charge on any atom is 0.0632 e. The molecule has 112 valence electrons. The van der Waals surface area contributed by atoms with Gasteiger partial charge in [-0.2, -0.15) is 0 Å². The second-order valence-electron chi connectivity index (χ2n) is 7.76. The van der Waals surface area contributed by atoms with Crippen molar-refractivity contribution in [2.45, 2.75) is 59.3 Å². The molecule has 0 unspecified atom stereocenters. The second-order valence-corrected chi connectivity index (χ2v) is 7.76. The van der Waals surface area contributed by atoms with Gasteiger partial charge in [0.25, 0.3) is 0 Å². The summed E-state index contributed by atoms with van der Waals surface area (Å²) in [7, 11) is 0. The first-order valence-electron chi connectivity index (χ1n) is 9.49. The monoisotopic (exact) mass is 284 g/mol. The van der Waals surface area contributed by atoms with Crippen molar-refractivity contribution < 1.29 is 5.48 Å². The molecule has 0 bridgehead atoms. The van der Waals surface area contributed by atoms with Crippen molar-refractivity contribution in [3.63, 3.8) is 0 Å². The van der Waals surface area contributed by atoms with E-state index in [1.54, 1.807) is 6.92 Å². The molecule has 0 aliphatic heterocycles. The van der Waals surface area contributed by atoms with Crippen LogP contribution < -0.4 is 0 Å². The summed E-state index contributed by atoms with van der Waals surface area (Å²) in [5.41, 5.74) is 3.75. The van der Waals surface area contributed by atoms with Crippen molar-refractivity contribution in [2.24, 2.45) is 0 Å². The van der Waals surface area contributed by atoms with Crippen LogP contribution in [0, 0.1) is 6.92 Å². The molecule has 0 heterocycles. The summed E-state index contributed by atoms with van der Waals surface area (Å²) in [4.78, 5) is 0. The Morgan fingerprint density at radius 2 is 1.57 bits per heavy atom. The summed E-state index contributed by atoms with van der Waals surface area (Å²) in [5.74, 6) is 0. The molecule has 0 aromatic heterocycles. The number of hydrogen-bond donors (Lipinski definition) is 0. The van der Waals surface area contributed by atoms with E-state index in [9.17, 15) is 0 Å². The summed E-state index contributed by atoms with van der Waals surface area (Å²) in [6, 6.07) is 6.29. The van der Waals surface area contributed by atoms with Gasteiger partial charge in [0.15, 0.2) is 0 Å². The lowest BCUT2D eigenvalue weighted by molar-refractivity contribution is 0.578. The minimum atomic E-state index is -0.152. The zero-order valence-electron chi connectivity index (χ0n) is 18.2. The molecule has 0 spiro atoms. The van der Waals surface area contributed by atoms with E-state index in [-0.39, 0.29) is 35.0 Å². The highest BCUT2D eigenvalue weighted by Gasteiger charge is 2.22. The first kappa shape index (κ1) is 11.1. The van der Waals surface area contributed by atoms with Gasteiger partial charge in [0, 0.05) is 0 Å². The molecule has 2 aromatic rings. The van der Waals surface area contributed by atoms with Gasteiger partial charge in [0.1, 0.15) is 0 Å². The first-order chi connectivity index (χ1) is 11.3. The molecule has 0 heteroatoms. The van der Waals surface area contributed by atoms with Crippen LogP contribution in [0.2, 0.25) is 0 Å². The zero-order valence-corrected chi connectivity index (χ0v) is 14.2. The van der Waals surface area contributed by atoms with Gasteiger partial charge in [-0.15, -0.1) is 0 Å². The Morgan fingerprint density at radius 3 is 2.14 bits per heavy atom. The average molecular weight is 284 g/mol. The quantitative estimate of drug-likeness (QED) is 0.580. The van der Waals surface area contributed by atoms with Crippen molar-refractivity contribution in [3.8, 4) is 11.1 Å². The topological polar surface area (TPSA) is 0 Å². The molecule has 0 saturated heterocycles. The molecule has 0 N–H and O–H groups in total. The van der Waals surface area contributed by atoms with Crippen LogP contribution in [0.25, 0.3) is 11.1 Å². The van der Waals surface area contributed by atoms with Crippen LogP contribution in [0.3, 0.4) is 0 Å². The SMILES string of the molecule is [2H]c1c([2H])c(C)c([2H])c(-c2cc(C(C)(C)C)ccc2C(C)(C)C)c1[2H]. The molecule has 0 aliphatic rings. The van der Waals surface area contributed by atoms with Gasteiger partial charge in [-0.25, -0.2) is 0 Å². The van der Waals surface area contributed by atoms with Crippen LogP contribution in [-0.4, -0.2) is 0 Å². The van der Waals surface area contributed by atoms with Gasteiger partial charge in [-0.3, -0.25) is 0 Å². The van der Waals surface area contributed by atoms with Crippen molar-refractivity contribution in [3.05, 3.63) is 59.1 Å². The van der Waals surface area contributed by atoms with Crippen LogP contribution in [0.15, 0.2) is 42.4 Å². The lowest BCUT2D eigenvalue weighted by Crippen LogP contribution is -2.16. The van der Waals surface area contributed by atoms with E-state index in [0.717, 1.165) is 16.7 Å². The molecule has 0 saturated carbocycles. The average Bonchev–Trinajstić information content (AvgIpc) is 2.49. The fraction of sp³-hybridized carbons (Fsp3) is 0.429. The van der Waals surface area contributed by atoms with E-state index in [4.69, 9.17) is 5.48 Å². The maximum absolute atomic E-state index is 8.52. The highest BCUT2D eigenvalue weighted by atomic mass is 14.3. The van der Waals surface area contributed by atoms with Crippen LogP contribution in [0.4, 0.5) is 0 Å². The normalized spacial score (nSPS) is 15.2. The Bertz CT molecular complexity index is 792. The second kappa shape index (κ2) is 5.33. The summed E-state index contributed by atoms with van der Waals surface area (Å²) in [6.45, 7) is 14.5. The highest BCUT2D eigenvalue weighted by Crippen LogP contribution is 2.36. The van der Waals surface area contributed by atoms with E-state index in [1.807, 2.05) is 0 Å². The Balaban J connectivity index is 2.96. The van der Waals surface area contributed by atoms with Crippen molar-refractivity contribution >= 4 is 0 Å². The first-order valence-corrected chi connectivity index (χ1v) is 7.49. The third kappa shape index (κ3) is 3.56. The van der Waals surface area contributed by atoms with Crippen molar-refractivity contribution in [2.75, 3.05) is 0 Å². The van der Waals surface area contributed by atoms with Gasteiger partial charge in [0.05, 0.1) is 5.48 Å². The largest absolute Gasteiger partial charge is 0.0632 e. The highest BCUT2D eigenvalue weighted by molar-refractivity contribution is 5.70. The van der Waals surface area contributed by atoms with Crippen LogP contribution in [0.1, 0.15) is 63.7 Å². The lowest BCUT2D eigenvalue weighted by atomic mass is 9.78. The van der Waals surface area contributed by atoms with Gasteiger partial charge >= 0.3 is 0 Å². The number of rotatable bonds is 1. The van der Waals surface area contributed by atoms with Crippen LogP contribution >= 0.6 is 0 Å². The van der Waals surface area contributed by atoms with E-state index in [2.05, 4.69) is 59.7 Å². The Hall–Kier alpha value is -1.56. The third-order valence-corrected chi connectivity index (χ3v) is 3.71. The zero-order chi connectivity index (χ0) is 19.3. The molecular formula is C21H28. The molecule has 2 aromatic carbocycles. The molecule has 0 aliphatic carbocycles. The standard InChI is InChI=1S/C21H28/c1-15-9-8-10-16(13-15)18-14-17(20(2,3)4)11-12-19(18)21(5,6)7/h8-14H,1-7H3/i8D,9D,10D,13D. The third-order valence-electron chi connectivity index (χ3n) is 3.71. The molecule has 0 amide bonds. The van der Waals surface area contributed by atoms with E-state index in [0.29, 0.717) is 11.1 Å². The van der Waals surface area contributed by atoms with Crippen molar-refractivity contribution in [1.82, 2.24) is 0 Å². The van der Waals surface area contributed by atoms with Crippen LogP contribution in [0.5, 0.6) is 0 Å². The van der Waals surface area contributed by atoms with Crippen LogP contribution in [-0.2, 0) is 10.8 Å². The lowest BCUT2D eigenvalue weighted by Gasteiger charge is -2.27. The minimum absolute atomic E-state index is 0.0250. The smallest absolute Gasteiger partial charge is 0.0614 e. The predicted octanol–water partition coefficient (Wildman–Crippen LogP) is 6.26. The summed E-state index contributed by atoms with van der Waals surface area (Å²) >= 11 is 0. The van der Waals surface area contributed by atoms with E-state index >= 15 is 0 Å². The summed E-state index contributed by atoms with van der Waals surface area (Å²) in [6.07, 6.45) is 0. The molecule has 0 radical (unpaired) electrons. The fourth-order valence-electron chi connectivity index (χ4n) is 2.44. The van der Waals surface area contributed by atoms with Gasteiger partial charge in [-0.05, 0) is 40.0 Å². The number of hydrogen-bond acceptors (Lipinski definition) is 0. The fourth-order valence-corrected chi connectivity index (χ4v) is 2.44. The van der Waals surface area contributed by atoms with Gasteiger partial charge in [0.2, 0.25) is 0 Å². The molecule has 2 rings (SSSR count). The summed E-state index contributed by atoms with van der Waals surface area (Å²) < 4.78 is 33.0. The Labute approximate surface area is 135 Å². The predicted molar refractivity (Wildman–Crippen MR) is 94.0 cm³/mol. The van der Waals surface area contributed by atoms with Gasteiger partial charge < -0.3 is 0 Å². The van der Waals surface area contributed by atoms with Crippen molar-refractivity contribution in [1.29, 1.82) is 0 Å². The Morgan fingerprint density at radius 1 is 0.905 bits per heavy atom. The molecule has 0 nitrogen and oxygen atoms in total. The van der Waals surface area contributed by atoms with E-state index < -0.39 is 0 Å². The molecule has 0 fully saturated rings. The minimum Gasteiger partial charge on any atom is -0.0614 e. The van der Waals surface area contributed by atoms with E-state index in [1.165, 1.54) is 0 Å². The Kier molecular flexibility index (Phi) is 2.81. The molecular weight excluding hydrogens is 252 g/mol.